The summed E-state index contributed by atoms with van der Waals surface area (Å²) in [6.45, 7) is 2.39. The largest absolute Gasteiger partial charge is 0.386 e. The summed E-state index contributed by atoms with van der Waals surface area (Å²) >= 11 is 0. The van der Waals surface area contributed by atoms with E-state index in [0.717, 1.165) is 0 Å². The van der Waals surface area contributed by atoms with Gasteiger partial charge in [0, 0.05) is 18.7 Å². The number of aldehydes is 1. The van der Waals surface area contributed by atoms with E-state index in [2.05, 4.69) is 4.74 Å². The quantitative estimate of drug-likeness (QED) is 0.442. The molecule has 0 aromatic heterocycles. The minimum absolute atomic E-state index is 0.0731. The molecule has 0 atom stereocenters. The molecule has 1 fully saturated rings. The van der Waals surface area contributed by atoms with Gasteiger partial charge in [-0.2, -0.15) is 0 Å². The summed E-state index contributed by atoms with van der Waals surface area (Å²) in [5, 5.41) is 0. The maximum absolute atomic E-state index is 11.8. The van der Waals surface area contributed by atoms with Gasteiger partial charge in [-0.25, -0.2) is 9.59 Å². The molecular formula is C13H11NO5. The molecule has 1 aromatic rings. The lowest BCUT2D eigenvalue weighted by Gasteiger charge is -2.29. The van der Waals surface area contributed by atoms with Crippen LogP contribution in [0.2, 0.25) is 0 Å². The van der Waals surface area contributed by atoms with Crippen LogP contribution in [0, 0.1) is 0 Å². The van der Waals surface area contributed by atoms with Crippen LogP contribution in [0.3, 0.4) is 0 Å². The molecular weight excluding hydrogens is 250 g/mol. The smallest absolute Gasteiger partial charge is 0.349 e. The van der Waals surface area contributed by atoms with E-state index in [4.69, 9.17) is 4.74 Å². The Morgan fingerprint density at radius 3 is 2.42 bits per heavy atom. The molecule has 2 aliphatic rings. The van der Waals surface area contributed by atoms with Crippen molar-refractivity contribution in [2.75, 3.05) is 31.2 Å². The van der Waals surface area contributed by atoms with Gasteiger partial charge in [0.05, 0.1) is 30.0 Å². The molecule has 2 aliphatic heterocycles. The monoisotopic (exact) mass is 261 g/mol. The lowest BCUT2D eigenvalue weighted by molar-refractivity contribution is 0.0442. The van der Waals surface area contributed by atoms with E-state index in [9.17, 15) is 14.4 Å². The van der Waals surface area contributed by atoms with Crippen LogP contribution in [-0.4, -0.2) is 44.5 Å². The van der Waals surface area contributed by atoms with Crippen molar-refractivity contribution in [2.24, 2.45) is 0 Å². The van der Waals surface area contributed by atoms with Gasteiger partial charge in [-0.05, 0) is 12.1 Å². The Hall–Kier alpha value is -2.21. The van der Waals surface area contributed by atoms with Gasteiger partial charge in [-0.15, -0.1) is 0 Å². The standard InChI is InChI=1S/C13H11NO5/c15-7-8-1-2-9(14-3-5-18-6-4-14)11-10(8)12(16)19-13(11)17/h1-2,7H,3-6H2. The molecule has 0 aliphatic carbocycles. The first-order valence-corrected chi connectivity index (χ1v) is 5.93. The lowest BCUT2D eigenvalue weighted by atomic mass is 10.0. The molecule has 6 heteroatoms. The summed E-state index contributed by atoms with van der Waals surface area (Å²) in [7, 11) is 0. The maximum Gasteiger partial charge on any atom is 0.349 e. The molecule has 0 saturated carbocycles. The molecule has 0 spiro atoms. The molecule has 19 heavy (non-hydrogen) atoms. The van der Waals surface area contributed by atoms with Crippen molar-refractivity contribution in [1.82, 2.24) is 0 Å². The van der Waals surface area contributed by atoms with Crippen molar-refractivity contribution in [2.45, 2.75) is 0 Å². The van der Waals surface area contributed by atoms with Crippen molar-refractivity contribution in [3.63, 3.8) is 0 Å². The van der Waals surface area contributed by atoms with E-state index in [-0.39, 0.29) is 16.7 Å². The van der Waals surface area contributed by atoms with Crippen LogP contribution in [0.1, 0.15) is 31.1 Å². The Morgan fingerprint density at radius 2 is 1.74 bits per heavy atom. The average molecular weight is 261 g/mol. The predicted octanol–water partition coefficient (Wildman–Crippen LogP) is 0.646. The van der Waals surface area contributed by atoms with Gasteiger partial charge in [0.1, 0.15) is 0 Å². The third kappa shape index (κ3) is 1.80. The summed E-state index contributed by atoms with van der Waals surface area (Å²) < 4.78 is 9.86. The molecule has 1 saturated heterocycles. The number of nitrogens with zero attached hydrogens (tertiary/aromatic N) is 1. The number of anilines is 1. The summed E-state index contributed by atoms with van der Waals surface area (Å²) in [6.07, 6.45) is 0.557. The van der Waals surface area contributed by atoms with Crippen molar-refractivity contribution in [3.05, 3.63) is 28.8 Å². The number of rotatable bonds is 2. The Kier molecular flexibility index (Phi) is 2.79. The molecule has 0 amide bonds. The number of fused-ring (bicyclic) bond motifs is 1. The van der Waals surface area contributed by atoms with E-state index in [1.807, 2.05) is 4.90 Å². The zero-order valence-corrected chi connectivity index (χ0v) is 10.0. The van der Waals surface area contributed by atoms with Crippen LogP contribution in [-0.2, 0) is 9.47 Å². The first-order valence-electron chi connectivity index (χ1n) is 5.93. The van der Waals surface area contributed by atoms with Crippen LogP contribution >= 0.6 is 0 Å². The SMILES string of the molecule is O=Cc1ccc(N2CCOCC2)c2c1C(=O)OC2=O. The fraction of sp³-hybridized carbons (Fsp3) is 0.308. The number of carbonyl (C=O) groups excluding carboxylic acids is 3. The first kappa shape index (κ1) is 11.9. The van der Waals surface area contributed by atoms with Gasteiger partial charge in [0.25, 0.3) is 0 Å². The van der Waals surface area contributed by atoms with Crippen molar-refractivity contribution in [1.29, 1.82) is 0 Å². The van der Waals surface area contributed by atoms with E-state index in [1.165, 1.54) is 6.07 Å². The van der Waals surface area contributed by atoms with Crippen LogP contribution < -0.4 is 4.90 Å². The van der Waals surface area contributed by atoms with Crippen LogP contribution in [0.15, 0.2) is 12.1 Å². The van der Waals surface area contributed by atoms with E-state index < -0.39 is 11.9 Å². The van der Waals surface area contributed by atoms with Gasteiger partial charge in [0.2, 0.25) is 0 Å². The number of hydrogen-bond acceptors (Lipinski definition) is 6. The van der Waals surface area contributed by atoms with Gasteiger partial charge in [-0.1, -0.05) is 0 Å². The Morgan fingerprint density at radius 1 is 1.05 bits per heavy atom. The van der Waals surface area contributed by atoms with E-state index in [1.54, 1.807) is 6.07 Å². The zero-order chi connectivity index (χ0) is 13.4. The second-order valence-electron chi connectivity index (χ2n) is 4.32. The first-order chi connectivity index (χ1) is 9.22. The highest BCUT2D eigenvalue weighted by Crippen LogP contribution is 2.32. The maximum atomic E-state index is 11.8. The van der Waals surface area contributed by atoms with Gasteiger partial charge in [0.15, 0.2) is 6.29 Å². The second-order valence-corrected chi connectivity index (χ2v) is 4.32. The molecule has 0 N–H and O–H groups in total. The highest BCUT2D eigenvalue weighted by molar-refractivity contribution is 6.20. The molecule has 98 valence electrons. The number of carbonyl (C=O) groups is 3. The molecule has 0 bridgehead atoms. The minimum Gasteiger partial charge on any atom is -0.386 e. The van der Waals surface area contributed by atoms with Crippen molar-refractivity contribution in [3.8, 4) is 0 Å². The third-order valence-corrected chi connectivity index (χ3v) is 3.29. The normalized spacial score (nSPS) is 18.2. The summed E-state index contributed by atoms with van der Waals surface area (Å²) in [6, 6.07) is 3.21. The molecule has 0 unspecified atom stereocenters. The Balaban J connectivity index is 2.14. The van der Waals surface area contributed by atoms with Gasteiger partial charge in [-0.3, -0.25) is 4.79 Å². The third-order valence-electron chi connectivity index (χ3n) is 3.29. The lowest BCUT2D eigenvalue weighted by Crippen LogP contribution is -2.37. The highest BCUT2D eigenvalue weighted by Gasteiger charge is 2.36. The minimum atomic E-state index is -0.753. The number of morpholine rings is 1. The van der Waals surface area contributed by atoms with Gasteiger partial charge < -0.3 is 14.4 Å². The van der Waals surface area contributed by atoms with Crippen molar-refractivity contribution >= 4 is 23.9 Å². The van der Waals surface area contributed by atoms with Crippen LogP contribution in [0.4, 0.5) is 5.69 Å². The molecule has 1 aromatic carbocycles. The number of cyclic esters (lactones) is 2. The summed E-state index contributed by atoms with van der Waals surface area (Å²) in [5.74, 6) is -1.44. The topological polar surface area (TPSA) is 72.9 Å². The van der Waals surface area contributed by atoms with E-state index >= 15 is 0 Å². The van der Waals surface area contributed by atoms with Crippen LogP contribution in [0.5, 0.6) is 0 Å². The number of hydrogen-bond donors (Lipinski definition) is 0. The van der Waals surface area contributed by atoms with E-state index in [0.29, 0.717) is 38.3 Å². The average Bonchev–Trinajstić information content (AvgIpc) is 2.75. The molecule has 3 rings (SSSR count). The molecule has 0 radical (unpaired) electrons. The predicted molar refractivity (Wildman–Crippen MR) is 64.6 cm³/mol. The van der Waals surface area contributed by atoms with Crippen LogP contribution in [0.25, 0.3) is 0 Å². The molecule has 2 heterocycles. The fourth-order valence-electron chi connectivity index (χ4n) is 2.39. The zero-order valence-electron chi connectivity index (χ0n) is 10.0. The number of ether oxygens (including phenoxy) is 2. The number of esters is 2. The fourth-order valence-corrected chi connectivity index (χ4v) is 2.39. The highest BCUT2D eigenvalue weighted by atomic mass is 16.6. The summed E-state index contributed by atoms with van der Waals surface area (Å²) in [5.41, 5.74) is 1.07. The van der Waals surface area contributed by atoms with Gasteiger partial charge >= 0.3 is 11.9 Å². The van der Waals surface area contributed by atoms with Crippen molar-refractivity contribution < 1.29 is 23.9 Å². The second kappa shape index (κ2) is 4.47. The molecule has 6 nitrogen and oxygen atoms in total. The number of benzene rings is 1. The Bertz CT molecular complexity index is 575. The summed E-state index contributed by atoms with van der Waals surface area (Å²) in [4.78, 5) is 36.3. The Labute approximate surface area is 108 Å².